The summed E-state index contributed by atoms with van der Waals surface area (Å²) in [6.07, 6.45) is 7.97. The summed E-state index contributed by atoms with van der Waals surface area (Å²) < 4.78 is 0. The molecule has 0 atom stereocenters. The molecule has 1 fully saturated rings. The molecule has 0 aromatic heterocycles. The highest BCUT2D eigenvalue weighted by Crippen LogP contribution is 2.25. The molecule has 0 aromatic rings. The summed E-state index contributed by atoms with van der Waals surface area (Å²) in [6, 6.07) is 0. The van der Waals surface area contributed by atoms with E-state index in [1.165, 1.54) is 32.1 Å². The van der Waals surface area contributed by atoms with Crippen molar-refractivity contribution in [3.63, 3.8) is 0 Å². The second-order valence-electron chi connectivity index (χ2n) is 2.74. The second-order valence-corrected chi connectivity index (χ2v) is 2.74. The summed E-state index contributed by atoms with van der Waals surface area (Å²) >= 11 is 0. The molecule has 1 saturated carbocycles. The first-order valence-electron chi connectivity index (χ1n) is 3.63. The molecule has 0 spiro atoms. The van der Waals surface area contributed by atoms with Crippen molar-refractivity contribution in [2.24, 2.45) is 5.92 Å². The van der Waals surface area contributed by atoms with Crippen molar-refractivity contribution in [3.8, 4) is 0 Å². The second kappa shape index (κ2) is 5.16. The van der Waals surface area contributed by atoms with Crippen LogP contribution in [0.25, 0.3) is 0 Å². The molecule has 2 heteroatoms. The van der Waals surface area contributed by atoms with E-state index in [0.29, 0.717) is 0 Å². The van der Waals surface area contributed by atoms with Gasteiger partial charge in [-0.25, -0.2) is 0 Å². The average molecular weight is 144 g/mol. The van der Waals surface area contributed by atoms with E-state index in [2.05, 4.69) is 0 Å². The van der Waals surface area contributed by atoms with Gasteiger partial charge in [-0.1, -0.05) is 38.4 Å². The van der Waals surface area contributed by atoms with Crippen molar-refractivity contribution in [1.29, 1.82) is 0 Å². The number of hydrogen-bond acceptors (Lipinski definition) is 0. The molecule has 0 unspecified atom stereocenters. The van der Waals surface area contributed by atoms with Crippen molar-refractivity contribution >= 4 is 20.3 Å². The zero-order valence-corrected chi connectivity index (χ0v) is 6.62. The van der Waals surface area contributed by atoms with Crippen LogP contribution in [0.15, 0.2) is 0 Å². The van der Waals surface area contributed by atoms with Crippen LogP contribution in [0.4, 0.5) is 0 Å². The van der Waals surface area contributed by atoms with Gasteiger partial charge in [0.2, 0.25) is 0 Å². The molecule has 0 saturated heterocycles. The molecule has 0 heterocycles. The van der Waals surface area contributed by atoms with E-state index < -0.39 is 0 Å². The van der Waals surface area contributed by atoms with Crippen molar-refractivity contribution in [3.05, 3.63) is 0 Å². The fourth-order valence-electron chi connectivity index (χ4n) is 1.42. The normalized spacial score (nSPS) is 20.9. The highest BCUT2D eigenvalue weighted by Gasteiger charge is 2.09. The van der Waals surface area contributed by atoms with Gasteiger partial charge in [0.25, 0.3) is 0 Å². The van der Waals surface area contributed by atoms with Crippen LogP contribution >= 0.6 is 12.4 Å². The van der Waals surface area contributed by atoms with Gasteiger partial charge in [0.05, 0.1) is 7.85 Å². The monoisotopic (exact) mass is 144 g/mol. The van der Waals surface area contributed by atoms with Gasteiger partial charge in [-0.05, 0) is 5.92 Å². The SMILES string of the molecule is Cl.[B]CC1CCCCC1. The molecular weight excluding hydrogens is 130 g/mol. The lowest BCUT2D eigenvalue weighted by Crippen LogP contribution is -2.04. The van der Waals surface area contributed by atoms with Crippen molar-refractivity contribution in [2.45, 2.75) is 38.4 Å². The molecule has 2 radical (unpaired) electrons. The number of hydrogen-bond donors (Lipinski definition) is 0. The molecule has 1 rings (SSSR count). The van der Waals surface area contributed by atoms with Crippen LogP contribution in [0, 0.1) is 5.92 Å². The van der Waals surface area contributed by atoms with Gasteiger partial charge >= 0.3 is 0 Å². The van der Waals surface area contributed by atoms with Crippen LogP contribution in [0.1, 0.15) is 32.1 Å². The molecule has 0 amide bonds. The van der Waals surface area contributed by atoms with Gasteiger partial charge in [0, 0.05) is 0 Å². The van der Waals surface area contributed by atoms with Gasteiger partial charge in [-0.2, -0.15) is 0 Å². The Morgan fingerprint density at radius 2 is 1.67 bits per heavy atom. The first-order valence-corrected chi connectivity index (χ1v) is 3.63. The summed E-state index contributed by atoms with van der Waals surface area (Å²) in [4.78, 5) is 0. The Balaban J connectivity index is 0.000000640. The molecule has 0 aliphatic heterocycles. The largest absolute Gasteiger partial charge is 0.147 e. The van der Waals surface area contributed by atoms with E-state index in [1.807, 2.05) is 0 Å². The summed E-state index contributed by atoms with van der Waals surface area (Å²) in [5.41, 5.74) is 0. The maximum Gasteiger partial charge on any atom is 0.0656 e. The maximum atomic E-state index is 5.50. The minimum Gasteiger partial charge on any atom is -0.147 e. The fourth-order valence-corrected chi connectivity index (χ4v) is 1.42. The zero-order chi connectivity index (χ0) is 5.82. The van der Waals surface area contributed by atoms with E-state index >= 15 is 0 Å². The third-order valence-electron chi connectivity index (χ3n) is 2.06. The minimum absolute atomic E-state index is 0. The molecule has 1 aliphatic rings. The first kappa shape index (κ1) is 9.35. The quantitative estimate of drug-likeness (QED) is 0.496. The van der Waals surface area contributed by atoms with E-state index in [-0.39, 0.29) is 12.4 Å². The van der Waals surface area contributed by atoms with Gasteiger partial charge in [-0.15, -0.1) is 12.4 Å². The third kappa shape index (κ3) is 3.15. The van der Waals surface area contributed by atoms with E-state index in [4.69, 9.17) is 7.85 Å². The van der Waals surface area contributed by atoms with Crippen LogP contribution in [0.2, 0.25) is 6.32 Å². The molecule has 0 nitrogen and oxygen atoms in total. The van der Waals surface area contributed by atoms with Crippen LogP contribution in [-0.2, 0) is 0 Å². The molecule has 0 N–H and O–H groups in total. The zero-order valence-electron chi connectivity index (χ0n) is 5.81. The summed E-state index contributed by atoms with van der Waals surface area (Å²) in [7, 11) is 5.50. The topological polar surface area (TPSA) is 0 Å². The van der Waals surface area contributed by atoms with Crippen molar-refractivity contribution in [2.75, 3.05) is 0 Å². The smallest absolute Gasteiger partial charge is 0.0656 e. The van der Waals surface area contributed by atoms with Crippen molar-refractivity contribution < 1.29 is 0 Å². The molecule has 52 valence electrons. The Morgan fingerprint density at radius 1 is 1.11 bits per heavy atom. The first-order chi connectivity index (χ1) is 3.93. The fraction of sp³-hybridized carbons (Fsp3) is 1.00. The predicted octanol–water partition coefficient (Wildman–Crippen LogP) is 2.58. The Morgan fingerprint density at radius 3 is 2.00 bits per heavy atom. The Labute approximate surface area is 65.2 Å². The van der Waals surface area contributed by atoms with Crippen LogP contribution in [-0.4, -0.2) is 7.85 Å². The maximum absolute atomic E-state index is 5.50. The number of rotatable bonds is 1. The van der Waals surface area contributed by atoms with E-state index in [1.54, 1.807) is 0 Å². The average Bonchev–Trinajstić information content (AvgIpc) is 1.90. The third-order valence-corrected chi connectivity index (χ3v) is 2.06. The van der Waals surface area contributed by atoms with Gasteiger partial charge in [0.15, 0.2) is 0 Å². The van der Waals surface area contributed by atoms with E-state index in [0.717, 1.165) is 12.2 Å². The Bertz CT molecular complexity index is 59.9. The molecule has 9 heavy (non-hydrogen) atoms. The Kier molecular flexibility index (Phi) is 5.37. The highest BCUT2D eigenvalue weighted by molar-refractivity contribution is 6.08. The van der Waals surface area contributed by atoms with Crippen molar-refractivity contribution in [1.82, 2.24) is 0 Å². The lowest BCUT2D eigenvalue weighted by Gasteiger charge is -2.19. The van der Waals surface area contributed by atoms with E-state index in [9.17, 15) is 0 Å². The number of halogens is 1. The summed E-state index contributed by atoms with van der Waals surface area (Å²) in [5.74, 6) is 0.865. The summed E-state index contributed by atoms with van der Waals surface area (Å²) in [5, 5.41) is 0. The van der Waals surface area contributed by atoms with Gasteiger partial charge in [-0.3, -0.25) is 0 Å². The Hall–Kier alpha value is 0.355. The highest BCUT2D eigenvalue weighted by atomic mass is 35.5. The molecule has 1 aliphatic carbocycles. The predicted molar refractivity (Wildman–Crippen MR) is 44.4 cm³/mol. The summed E-state index contributed by atoms with van der Waals surface area (Å²) in [6.45, 7) is 0. The lowest BCUT2D eigenvalue weighted by atomic mass is 9.80. The molecule has 0 bridgehead atoms. The minimum atomic E-state index is 0. The van der Waals surface area contributed by atoms with Crippen LogP contribution in [0.5, 0.6) is 0 Å². The van der Waals surface area contributed by atoms with Crippen LogP contribution in [0.3, 0.4) is 0 Å². The van der Waals surface area contributed by atoms with Gasteiger partial charge in [0.1, 0.15) is 0 Å². The lowest BCUT2D eigenvalue weighted by molar-refractivity contribution is 0.385. The molecular formula is C7H14BCl. The molecule has 0 aromatic carbocycles. The van der Waals surface area contributed by atoms with Crippen LogP contribution < -0.4 is 0 Å². The standard InChI is InChI=1S/C7H13B.ClH/c8-6-7-4-2-1-3-5-7;/h7H,1-6H2;1H. The van der Waals surface area contributed by atoms with Gasteiger partial charge < -0.3 is 0 Å².